The Bertz CT molecular complexity index is 1450. The van der Waals surface area contributed by atoms with E-state index in [0.29, 0.717) is 15.6 Å². The summed E-state index contributed by atoms with van der Waals surface area (Å²) in [6, 6.07) is 16.5. The molecule has 0 saturated carbocycles. The van der Waals surface area contributed by atoms with E-state index in [-0.39, 0.29) is 34.1 Å². The van der Waals surface area contributed by atoms with E-state index in [9.17, 15) is 18.0 Å². The molecule has 0 bridgehead atoms. The second kappa shape index (κ2) is 13.0. The summed E-state index contributed by atoms with van der Waals surface area (Å²) in [5.74, 6) is -0.993. The Balaban J connectivity index is 2.05. The molecule has 2 amide bonds. The number of rotatable bonds is 10. The van der Waals surface area contributed by atoms with Crippen LogP contribution in [0.15, 0.2) is 71.6 Å². The molecule has 0 spiro atoms. The minimum Gasteiger partial charge on any atom is -0.352 e. The number of nitrogens with zero attached hydrogens (tertiary/aromatic N) is 2. The van der Waals surface area contributed by atoms with Crippen molar-refractivity contribution in [3.05, 3.63) is 92.9 Å². The van der Waals surface area contributed by atoms with Gasteiger partial charge >= 0.3 is 0 Å². The second-order valence-electron chi connectivity index (χ2n) is 9.39. The van der Waals surface area contributed by atoms with E-state index in [1.807, 2.05) is 20.8 Å². The van der Waals surface area contributed by atoms with Crippen molar-refractivity contribution in [1.29, 1.82) is 0 Å². The summed E-state index contributed by atoms with van der Waals surface area (Å²) in [4.78, 5) is 28.2. The number of amides is 2. The summed E-state index contributed by atoms with van der Waals surface area (Å²) >= 11 is 18.7. The standard InChI is InChI=1S/C28H30Cl3N3O4S/c1-18(2)32-28(36)20(4)33(16-21-11-14-23(29)25(31)15-21)27(35)17-34(26-8-6-5-7-24(26)30)39(37,38)22-12-9-19(3)10-13-22/h5-15,18,20H,16-17H2,1-4H3,(H,32,36)/t20-/m0/s1. The minimum atomic E-state index is -4.21. The molecule has 0 unspecified atom stereocenters. The van der Waals surface area contributed by atoms with Gasteiger partial charge in [0.15, 0.2) is 0 Å². The minimum absolute atomic E-state index is 0.00227. The Morgan fingerprint density at radius 2 is 1.51 bits per heavy atom. The fraction of sp³-hybridized carbons (Fsp3) is 0.286. The number of halogens is 3. The van der Waals surface area contributed by atoms with E-state index in [2.05, 4.69) is 5.32 Å². The molecule has 0 fully saturated rings. The van der Waals surface area contributed by atoms with Gasteiger partial charge in [0.2, 0.25) is 11.8 Å². The van der Waals surface area contributed by atoms with Gasteiger partial charge in [0.05, 0.1) is 25.7 Å². The molecule has 0 heterocycles. The third-order valence-electron chi connectivity index (χ3n) is 5.94. The number of carbonyl (C=O) groups excluding carboxylic acids is 2. The van der Waals surface area contributed by atoms with Crippen LogP contribution in [-0.2, 0) is 26.2 Å². The molecule has 3 aromatic rings. The van der Waals surface area contributed by atoms with Crippen molar-refractivity contribution in [3.63, 3.8) is 0 Å². The van der Waals surface area contributed by atoms with Crippen LogP contribution < -0.4 is 9.62 Å². The number of nitrogens with one attached hydrogen (secondary N) is 1. The van der Waals surface area contributed by atoms with Crippen molar-refractivity contribution in [2.24, 2.45) is 0 Å². The van der Waals surface area contributed by atoms with Gasteiger partial charge in [0, 0.05) is 12.6 Å². The predicted molar refractivity (Wildman–Crippen MR) is 157 cm³/mol. The highest BCUT2D eigenvalue weighted by atomic mass is 35.5. The van der Waals surface area contributed by atoms with E-state index < -0.39 is 28.5 Å². The Morgan fingerprint density at radius 3 is 2.10 bits per heavy atom. The first-order valence-electron chi connectivity index (χ1n) is 12.2. The smallest absolute Gasteiger partial charge is 0.264 e. The molecule has 1 atom stereocenters. The second-order valence-corrected chi connectivity index (χ2v) is 12.5. The highest BCUT2D eigenvalue weighted by molar-refractivity contribution is 7.92. The van der Waals surface area contributed by atoms with Crippen LogP contribution in [0.5, 0.6) is 0 Å². The molecule has 0 aromatic heterocycles. The van der Waals surface area contributed by atoms with Gasteiger partial charge < -0.3 is 10.2 Å². The van der Waals surface area contributed by atoms with Gasteiger partial charge in [0.25, 0.3) is 10.0 Å². The normalized spacial score (nSPS) is 12.2. The topological polar surface area (TPSA) is 86.8 Å². The van der Waals surface area contributed by atoms with Crippen LogP contribution in [0.25, 0.3) is 0 Å². The molecule has 3 aromatic carbocycles. The van der Waals surface area contributed by atoms with Crippen LogP contribution >= 0.6 is 34.8 Å². The fourth-order valence-corrected chi connectivity index (χ4v) is 5.87. The van der Waals surface area contributed by atoms with Crippen LogP contribution in [0.1, 0.15) is 31.9 Å². The molecular formula is C28H30Cl3N3O4S. The Labute approximate surface area is 244 Å². The molecule has 7 nitrogen and oxygen atoms in total. The van der Waals surface area contributed by atoms with Crippen molar-refractivity contribution in [1.82, 2.24) is 10.2 Å². The number of hydrogen-bond donors (Lipinski definition) is 1. The van der Waals surface area contributed by atoms with E-state index in [1.54, 1.807) is 55.5 Å². The number of aryl methyl sites for hydroxylation is 1. The van der Waals surface area contributed by atoms with Gasteiger partial charge in [-0.3, -0.25) is 13.9 Å². The summed E-state index contributed by atoms with van der Waals surface area (Å²) in [5, 5.41) is 3.60. The van der Waals surface area contributed by atoms with E-state index in [1.165, 1.54) is 23.1 Å². The maximum Gasteiger partial charge on any atom is 0.264 e. The quantitative estimate of drug-likeness (QED) is 0.301. The first-order chi connectivity index (χ1) is 18.3. The molecule has 0 aliphatic rings. The number of hydrogen-bond acceptors (Lipinski definition) is 4. The Morgan fingerprint density at radius 1 is 0.872 bits per heavy atom. The van der Waals surface area contributed by atoms with Crippen LogP contribution in [0.3, 0.4) is 0 Å². The largest absolute Gasteiger partial charge is 0.352 e. The highest BCUT2D eigenvalue weighted by Crippen LogP contribution is 2.31. The third kappa shape index (κ3) is 7.66. The Hall–Kier alpha value is -2.78. The summed E-state index contributed by atoms with van der Waals surface area (Å²) < 4.78 is 28.6. The summed E-state index contributed by atoms with van der Waals surface area (Å²) in [7, 11) is -4.21. The molecule has 1 N–H and O–H groups in total. The van der Waals surface area contributed by atoms with Crippen molar-refractivity contribution in [2.45, 2.75) is 51.2 Å². The van der Waals surface area contributed by atoms with E-state index in [0.717, 1.165) is 9.87 Å². The lowest BCUT2D eigenvalue weighted by molar-refractivity contribution is -0.139. The lowest BCUT2D eigenvalue weighted by atomic mass is 10.1. The zero-order valence-electron chi connectivity index (χ0n) is 22.0. The molecule has 39 heavy (non-hydrogen) atoms. The monoisotopic (exact) mass is 609 g/mol. The maximum atomic E-state index is 13.9. The zero-order chi connectivity index (χ0) is 28.9. The lowest BCUT2D eigenvalue weighted by Crippen LogP contribution is -2.52. The SMILES string of the molecule is Cc1ccc(S(=O)(=O)N(CC(=O)N(Cc2ccc(Cl)c(Cl)c2)[C@@H](C)C(=O)NC(C)C)c2ccccc2Cl)cc1. The van der Waals surface area contributed by atoms with Gasteiger partial charge in [0.1, 0.15) is 12.6 Å². The third-order valence-corrected chi connectivity index (χ3v) is 8.78. The molecule has 11 heteroatoms. The number of benzene rings is 3. The van der Waals surface area contributed by atoms with Crippen molar-refractivity contribution in [3.8, 4) is 0 Å². The van der Waals surface area contributed by atoms with Crippen molar-refractivity contribution >= 4 is 62.3 Å². The molecule has 208 valence electrons. The molecular weight excluding hydrogens is 581 g/mol. The Kier molecular flexibility index (Phi) is 10.3. The predicted octanol–water partition coefficient (Wildman–Crippen LogP) is 6.09. The van der Waals surface area contributed by atoms with Gasteiger partial charge in [-0.05, 0) is 69.7 Å². The lowest BCUT2D eigenvalue weighted by Gasteiger charge is -2.32. The van der Waals surface area contributed by atoms with Crippen LogP contribution in [0, 0.1) is 6.92 Å². The molecule has 0 saturated heterocycles. The van der Waals surface area contributed by atoms with Gasteiger partial charge in [-0.25, -0.2) is 8.42 Å². The van der Waals surface area contributed by atoms with Crippen LogP contribution in [0.2, 0.25) is 15.1 Å². The average molecular weight is 611 g/mol. The summed E-state index contributed by atoms with van der Waals surface area (Å²) in [6.07, 6.45) is 0. The van der Waals surface area contributed by atoms with Gasteiger partial charge in [-0.2, -0.15) is 0 Å². The first-order valence-corrected chi connectivity index (χ1v) is 14.8. The van der Waals surface area contributed by atoms with Crippen LogP contribution in [0.4, 0.5) is 5.69 Å². The number of sulfonamides is 1. The molecule has 0 aliphatic heterocycles. The number of carbonyl (C=O) groups is 2. The van der Waals surface area contributed by atoms with E-state index in [4.69, 9.17) is 34.8 Å². The van der Waals surface area contributed by atoms with E-state index >= 15 is 0 Å². The summed E-state index contributed by atoms with van der Waals surface area (Å²) in [6.45, 7) is 6.44. The molecule has 0 radical (unpaired) electrons. The first kappa shape index (κ1) is 30.8. The average Bonchev–Trinajstić information content (AvgIpc) is 2.87. The van der Waals surface area contributed by atoms with Crippen molar-refractivity contribution < 1.29 is 18.0 Å². The number of anilines is 1. The molecule has 0 aliphatic carbocycles. The van der Waals surface area contributed by atoms with Gasteiger partial charge in [-0.1, -0.05) is 70.7 Å². The maximum absolute atomic E-state index is 13.9. The van der Waals surface area contributed by atoms with Crippen molar-refractivity contribution in [2.75, 3.05) is 10.8 Å². The molecule has 3 rings (SSSR count). The van der Waals surface area contributed by atoms with Gasteiger partial charge in [-0.15, -0.1) is 0 Å². The number of para-hydroxylation sites is 1. The summed E-state index contributed by atoms with van der Waals surface area (Å²) in [5.41, 5.74) is 1.64. The van der Waals surface area contributed by atoms with Crippen LogP contribution in [-0.4, -0.2) is 43.8 Å². The zero-order valence-corrected chi connectivity index (χ0v) is 25.1. The fourth-order valence-electron chi connectivity index (χ4n) is 3.83. The highest BCUT2D eigenvalue weighted by Gasteiger charge is 2.33.